The molecule has 0 saturated carbocycles. The molecule has 0 aromatic heterocycles. The Bertz CT molecular complexity index is 1270. The molecule has 166 valence electrons. The number of hydrogen-bond donors (Lipinski definition) is 0. The highest BCUT2D eigenvalue weighted by atomic mass is 19.1. The van der Waals surface area contributed by atoms with Crippen molar-refractivity contribution in [3.63, 3.8) is 0 Å². The number of aryl methyl sites for hydroxylation is 1. The molecule has 0 aliphatic carbocycles. The predicted octanol–water partition coefficient (Wildman–Crippen LogP) is 4.57. The maximum absolute atomic E-state index is 13.8. The summed E-state index contributed by atoms with van der Waals surface area (Å²) in [6, 6.07) is 21.0. The summed E-state index contributed by atoms with van der Waals surface area (Å²) >= 11 is 0. The average molecular weight is 442 g/mol. The second kappa shape index (κ2) is 8.54. The minimum Gasteiger partial charge on any atom is -0.496 e. The molecule has 3 aromatic rings. The van der Waals surface area contributed by atoms with Crippen LogP contribution in [0.2, 0.25) is 0 Å². The number of halogens is 1. The lowest BCUT2D eigenvalue weighted by molar-refractivity contribution is -0.137. The van der Waals surface area contributed by atoms with Gasteiger partial charge in [-0.25, -0.2) is 4.39 Å². The number of para-hydroxylation sites is 2. The van der Waals surface area contributed by atoms with Crippen LogP contribution in [0.4, 0.5) is 10.1 Å². The van der Waals surface area contributed by atoms with E-state index in [0.717, 1.165) is 29.7 Å². The van der Waals surface area contributed by atoms with Crippen LogP contribution in [0.25, 0.3) is 5.57 Å². The Kier molecular flexibility index (Phi) is 5.42. The van der Waals surface area contributed by atoms with Gasteiger partial charge >= 0.3 is 0 Å². The van der Waals surface area contributed by atoms with Crippen LogP contribution in [-0.2, 0) is 22.6 Å². The molecule has 5 nitrogen and oxygen atoms in total. The zero-order valence-corrected chi connectivity index (χ0v) is 18.3. The van der Waals surface area contributed by atoms with Crippen LogP contribution in [0.1, 0.15) is 23.1 Å². The number of anilines is 1. The van der Waals surface area contributed by atoms with Gasteiger partial charge in [-0.2, -0.15) is 0 Å². The number of rotatable bonds is 5. The summed E-state index contributed by atoms with van der Waals surface area (Å²) in [5, 5.41) is 0. The molecular weight excluding hydrogens is 419 g/mol. The average Bonchev–Trinajstić information content (AvgIpc) is 3.09. The van der Waals surface area contributed by atoms with Gasteiger partial charge in [-0.15, -0.1) is 0 Å². The molecule has 0 saturated heterocycles. The van der Waals surface area contributed by atoms with Gasteiger partial charge in [-0.3, -0.25) is 14.5 Å². The molecule has 0 bridgehead atoms. The van der Waals surface area contributed by atoms with Gasteiger partial charge in [0.05, 0.1) is 19.2 Å². The molecule has 0 unspecified atom stereocenters. The fourth-order valence-electron chi connectivity index (χ4n) is 4.60. The van der Waals surface area contributed by atoms with Gasteiger partial charge in [0.15, 0.2) is 0 Å². The minimum absolute atomic E-state index is 0.0887. The highest BCUT2D eigenvalue weighted by molar-refractivity contribution is 6.36. The number of ether oxygens (including phenoxy) is 1. The molecule has 2 aliphatic rings. The topological polar surface area (TPSA) is 49.9 Å². The summed E-state index contributed by atoms with van der Waals surface area (Å²) in [7, 11) is 1.56. The molecule has 0 spiro atoms. The first kappa shape index (κ1) is 20.9. The molecule has 3 aromatic carbocycles. The van der Waals surface area contributed by atoms with Crippen LogP contribution in [0.15, 0.2) is 78.5 Å². The maximum Gasteiger partial charge on any atom is 0.278 e. The summed E-state index contributed by atoms with van der Waals surface area (Å²) in [6.07, 6.45) is 1.78. The van der Waals surface area contributed by atoms with E-state index >= 15 is 0 Å². The molecule has 0 atom stereocenters. The molecule has 0 fully saturated rings. The zero-order chi connectivity index (χ0) is 22.9. The molecule has 2 aliphatic heterocycles. The molecule has 33 heavy (non-hydrogen) atoms. The Labute approximate surface area is 191 Å². The van der Waals surface area contributed by atoms with E-state index in [1.54, 1.807) is 25.3 Å². The number of imide groups is 1. The van der Waals surface area contributed by atoms with Gasteiger partial charge in [0, 0.05) is 17.8 Å². The highest BCUT2D eigenvalue weighted by Gasteiger charge is 2.43. The van der Waals surface area contributed by atoms with Gasteiger partial charge in [0.25, 0.3) is 11.8 Å². The predicted molar refractivity (Wildman–Crippen MR) is 124 cm³/mol. The summed E-state index contributed by atoms with van der Waals surface area (Å²) in [5.41, 5.74) is 3.97. The third kappa shape index (κ3) is 3.67. The first-order chi connectivity index (χ1) is 16.1. The largest absolute Gasteiger partial charge is 0.496 e. The quantitative estimate of drug-likeness (QED) is 0.544. The molecule has 2 amide bonds. The van der Waals surface area contributed by atoms with Gasteiger partial charge in [0.2, 0.25) is 0 Å². The molecule has 6 heteroatoms. The normalized spacial score (nSPS) is 15.8. The van der Waals surface area contributed by atoms with E-state index in [9.17, 15) is 14.0 Å². The van der Waals surface area contributed by atoms with E-state index in [1.165, 1.54) is 17.0 Å². The Morgan fingerprint density at radius 2 is 1.64 bits per heavy atom. The van der Waals surface area contributed by atoms with Crippen LogP contribution < -0.4 is 9.64 Å². The monoisotopic (exact) mass is 442 g/mol. The van der Waals surface area contributed by atoms with Crippen molar-refractivity contribution in [1.29, 1.82) is 0 Å². The number of hydrogen-bond acceptors (Lipinski definition) is 4. The van der Waals surface area contributed by atoms with Gasteiger partial charge < -0.3 is 9.64 Å². The maximum atomic E-state index is 13.8. The molecular formula is C27H23FN2O3. The van der Waals surface area contributed by atoms with Crippen molar-refractivity contribution < 1.29 is 18.7 Å². The van der Waals surface area contributed by atoms with Crippen molar-refractivity contribution in [3.05, 3.63) is 101 Å². The third-order valence-electron chi connectivity index (χ3n) is 6.18. The second-order valence-corrected chi connectivity index (χ2v) is 8.12. The minimum atomic E-state index is -0.396. The Balaban J connectivity index is 1.62. The van der Waals surface area contributed by atoms with Gasteiger partial charge in [-0.1, -0.05) is 48.5 Å². The Morgan fingerprint density at radius 3 is 2.42 bits per heavy atom. The van der Waals surface area contributed by atoms with Gasteiger partial charge in [0.1, 0.15) is 17.3 Å². The van der Waals surface area contributed by atoms with Crippen LogP contribution in [0.3, 0.4) is 0 Å². The standard InChI is InChI=1S/C27H23FN2O3/c1-33-23-11-5-3-8-20(23)17-30-26(31)24(19-12-14-21(28)15-13-19)25(27(30)32)29-16-6-9-18-7-2-4-10-22(18)29/h2-5,7-8,10-15H,6,9,16-17H2,1H3. The van der Waals surface area contributed by atoms with Crippen molar-refractivity contribution in [1.82, 2.24) is 4.90 Å². The number of nitrogens with zero attached hydrogens (tertiary/aromatic N) is 2. The number of carbonyl (C=O) groups is 2. The molecule has 5 rings (SSSR count). The Morgan fingerprint density at radius 1 is 0.909 bits per heavy atom. The summed E-state index contributed by atoms with van der Waals surface area (Å²) < 4.78 is 19.1. The third-order valence-corrected chi connectivity index (χ3v) is 6.18. The Hall–Kier alpha value is -3.93. The lowest BCUT2D eigenvalue weighted by atomic mass is 9.98. The smallest absolute Gasteiger partial charge is 0.278 e. The number of fused-ring (bicyclic) bond motifs is 1. The van der Waals surface area contributed by atoms with E-state index in [-0.39, 0.29) is 12.5 Å². The zero-order valence-electron chi connectivity index (χ0n) is 18.3. The SMILES string of the molecule is COc1ccccc1CN1C(=O)C(c2ccc(F)cc2)=C(N2CCCc3ccccc32)C1=O. The first-order valence-electron chi connectivity index (χ1n) is 10.9. The second-order valence-electron chi connectivity index (χ2n) is 8.12. The van der Waals surface area contributed by atoms with Crippen LogP contribution in [-0.4, -0.2) is 30.4 Å². The van der Waals surface area contributed by atoms with Crippen LogP contribution in [0, 0.1) is 5.82 Å². The van der Waals surface area contributed by atoms with E-state index in [0.29, 0.717) is 29.1 Å². The number of benzene rings is 3. The number of amides is 2. The van der Waals surface area contributed by atoms with E-state index in [4.69, 9.17) is 4.74 Å². The van der Waals surface area contributed by atoms with E-state index < -0.39 is 11.7 Å². The first-order valence-corrected chi connectivity index (χ1v) is 10.9. The lowest BCUT2D eigenvalue weighted by Gasteiger charge is -2.32. The van der Waals surface area contributed by atoms with Crippen molar-refractivity contribution in [3.8, 4) is 5.75 Å². The fraction of sp³-hybridized carbons (Fsp3) is 0.185. The number of carbonyl (C=O) groups excluding carboxylic acids is 2. The number of methoxy groups -OCH3 is 1. The van der Waals surface area contributed by atoms with Crippen molar-refractivity contribution >= 4 is 23.1 Å². The van der Waals surface area contributed by atoms with E-state index in [2.05, 4.69) is 0 Å². The van der Waals surface area contributed by atoms with Crippen LogP contribution >= 0.6 is 0 Å². The molecule has 2 heterocycles. The molecule has 0 N–H and O–H groups in total. The summed E-state index contributed by atoms with van der Waals surface area (Å²) in [5.74, 6) is -0.539. The summed E-state index contributed by atoms with van der Waals surface area (Å²) in [6.45, 7) is 0.712. The van der Waals surface area contributed by atoms with E-state index in [1.807, 2.05) is 47.4 Å². The van der Waals surface area contributed by atoms with Crippen molar-refractivity contribution in [2.45, 2.75) is 19.4 Å². The fourth-order valence-corrected chi connectivity index (χ4v) is 4.60. The van der Waals surface area contributed by atoms with Gasteiger partial charge in [-0.05, 0) is 48.2 Å². The lowest BCUT2D eigenvalue weighted by Crippen LogP contribution is -2.36. The highest BCUT2D eigenvalue weighted by Crippen LogP contribution is 2.38. The summed E-state index contributed by atoms with van der Waals surface area (Å²) in [4.78, 5) is 30.6. The van der Waals surface area contributed by atoms with Crippen LogP contribution in [0.5, 0.6) is 5.75 Å². The van der Waals surface area contributed by atoms with Crippen molar-refractivity contribution in [2.75, 3.05) is 18.6 Å². The van der Waals surface area contributed by atoms with Crippen molar-refractivity contribution in [2.24, 2.45) is 0 Å². The molecule has 0 radical (unpaired) electrons.